The van der Waals surface area contributed by atoms with Crippen molar-refractivity contribution in [1.82, 2.24) is 4.98 Å². The highest BCUT2D eigenvalue weighted by atomic mass is 16.6. The van der Waals surface area contributed by atoms with Gasteiger partial charge < -0.3 is 20.6 Å². The van der Waals surface area contributed by atoms with Gasteiger partial charge in [0.15, 0.2) is 0 Å². The van der Waals surface area contributed by atoms with Crippen LogP contribution in [0, 0.1) is 0 Å². The van der Waals surface area contributed by atoms with E-state index in [4.69, 9.17) is 10.5 Å². The van der Waals surface area contributed by atoms with Crippen molar-refractivity contribution < 1.29 is 19.4 Å². The van der Waals surface area contributed by atoms with Crippen LogP contribution in [0.4, 0.5) is 0 Å². The summed E-state index contributed by atoms with van der Waals surface area (Å²) in [7, 11) is 0. The van der Waals surface area contributed by atoms with Gasteiger partial charge in [-0.15, -0.1) is 0 Å². The van der Waals surface area contributed by atoms with Crippen molar-refractivity contribution in [2.24, 2.45) is 5.73 Å². The molecule has 0 bridgehead atoms. The van der Waals surface area contributed by atoms with Gasteiger partial charge in [0.2, 0.25) is 5.60 Å². The Balaban J connectivity index is 1.99. The molecule has 4 N–H and O–H groups in total. The number of carboxylic acids is 1. The average molecular weight is 274 g/mol. The molecule has 0 amide bonds. The molecule has 0 aliphatic carbocycles. The molecule has 6 heteroatoms. The number of benzene rings is 1. The highest BCUT2D eigenvalue weighted by Gasteiger charge is 2.51. The van der Waals surface area contributed by atoms with E-state index < -0.39 is 23.6 Å². The normalized spacial score (nSPS) is 25.9. The van der Waals surface area contributed by atoms with Crippen molar-refractivity contribution >= 4 is 22.8 Å². The maximum Gasteiger partial charge on any atom is 0.348 e. The van der Waals surface area contributed by atoms with Gasteiger partial charge in [-0.25, -0.2) is 4.79 Å². The Morgan fingerprint density at radius 1 is 1.50 bits per heavy atom. The van der Waals surface area contributed by atoms with Crippen LogP contribution in [-0.2, 0) is 20.7 Å². The molecule has 104 valence electrons. The molecular weight excluding hydrogens is 260 g/mol. The fourth-order valence-electron chi connectivity index (χ4n) is 2.65. The first-order chi connectivity index (χ1) is 9.52. The van der Waals surface area contributed by atoms with Gasteiger partial charge in [0.1, 0.15) is 6.04 Å². The van der Waals surface area contributed by atoms with Crippen LogP contribution in [0.5, 0.6) is 0 Å². The molecule has 2 heterocycles. The summed E-state index contributed by atoms with van der Waals surface area (Å²) in [6.07, 6.45) is 1.83. The fourth-order valence-corrected chi connectivity index (χ4v) is 2.65. The van der Waals surface area contributed by atoms with Crippen LogP contribution in [0.2, 0.25) is 0 Å². The number of carboxylic acid groups (broad SMARTS) is 1. The molecule has 1 aliphatic rings. The average Bonchev–Trinajstić information content (AvgIpc) is 2.94. The molecule has 1 fully saturated rings. The van der Waals surface area contributed by atoms with Crippen LogP contribution in [-0.4, -0.2) is 33.7 Å². The SMILES string of the molecule is NC1CC(Cc2c[nH]c3ccccc23)(C(=O)O)OC1=O. The number of aliphatic carboxylic acids is 1. The molecule has 0 spiro atoms. The summed E-state index contributed by atoms with van der Waals surface area (Å²) < 4.78 is 5.07. The van der Waals surface area contributed by atoms with Crippen LogP contribution in [0.1, 0.15) is 12.0 Å². The Morgan fingerprint density at radius 2 is 2.25 bits per heavy atom. The first kappa shape index (κ1) is 12.7. The predicted octanol–water partition coefficient (Wildman–Crippen LogP) is 0.808. The number of aromatic amines is 1. The van der Waals surface area contributed by atoms with Crippen LogP contribution < -0.4 is 5.73 Å². The first-order valence-electron chi connectivity index (χ1n) is 6.29. The maximum absolute atomic E-state index is 11.5. The topological polar surface area (TPSA) is 105 Å². The fraction of sp³-hybridized carbons (Fsp3) is 0.286. The number of rotatable bonds is 3. The summed E-state index contributed by atoms with van der Waals surface area (Å²) in [4.78, 5) is 26.1. The number of nitrogens with one attached hydrogen (secondary N) is 1. The number of para-hydroxylation sites is 1. The third kappa shape index (κ3) is 1.85. The molecule has 2 aromatic rings. The number of carbonyl (C=O) groups is 2. The summed E-state index contributed by atoms with van der Waals surface area (Å²) in [5, 5.41) is 10.3. The summed E-state index contributed by atoms with van der Waals surface area (Å²) in [5.41, 5.74) is 5.73. The Labute approximate surface area is 114 Å². The first-order valence-corrected chi connectivity index (χ1v) is 6.29. The largest absolute Gasteiger partial charge is 0.478 e. The number of carbonyl (C=O) groups excluding carboxylic acids is 1. The minimum absolute atomic E-state index is 0.0132. The second-order valence-corrected chi connectivity index (χ2v) is 5.07. The molecule has 1 aromatic carbocycles. The lowest BCUT2D eigenvalue weighted by Gasteiger charge is -2.22. The molecule has 1 aliphatic heterocycles. The smallest absolute Gasteiger partial charge is 0.348 e. The predicted molar refractivity (Wildman–Crippen MR) is 71.1 cm³/mol. The van der Waals surface area contributed by atoms with E-state index in [-0.39, 0.29) is 12.8 Å². The monoisotopic (exact) mass is 274 g/mol. The van der Waals surface area contributed by atoms with Crippen molar-refractivity contribution in [2.75, 3.05) is 0 Å². The van der Waals surface area contributed by atoms with Crippen LogP contribution in [0.25, 0.3) is 10.9 Å². The molecule has 0 radical (unpaired) electrons. The number of cyclic esters (lactones) is 1. The zero-order chi connectivity index (χ0) is 14.3. The molecular formula is C14H14N2O4. The number of hydrogen-bond donors (Lipinski definition) is 3. The van der Waals surface area contributed by atoms with E-state index in [0.717, 1.165) is 16.5 Å². The van der Waals surface area contributed by atoms with Crippen LogP contribution in [0.15, 0.2) is 30.5 Å². The standard InChI is InChI=1S/C14H14N2O4/c15-10-6-14(13(18)19,20-12(10)17)5-8-7-16-11-4-2-1-3-9(8)11/h1-4,7,10,16H,5-6,15H2,(H,18,19). The van der Waals surface area contributed by atoms with Gasteiger partial charge in [0, 0.05) is 29.9 Å². The molecule has 2 atom stereocenters. The minimum Gasteiger partial charge on any atom is -0.478 e. The van der Waals surface area contributed by atoms with Crippen molar-refractivity contribution in [3.8, 4) is 0 Å². The van der Waals surface area contributed by atoms with E-state index >= 15 is 0 Å². The second kappa shape index (κ2) is 4.35. The molecule has 6 nitrogen and oxygen atoms in total. The Morgan fingerprint density at radius 3 is 2.90 bits per heavy atom. The highest BCUT2D eigenvalue weighted by Crippen LogP contribution is 2.32. The van der Waals surface area contributed by atoms with Gasteiger partial charge in [0.05, 0.1) is 0 Å². The third-order valence-corrected chi connectivity index (χ3v) is 3.69. The van der Waals surface area contributed by atoms with Crippen LogP contribution in [0.3, 0.4) is 0 Å². The number of ether oxygens (including phenoxy) is 1. The van der Waals surface area contributed by atoms with E-state index in [1.807, 2.05) is 24.3 Å². The van der Waals surface area contributed by atoms with Crippen LogP contribution >= 0.6 is 0 Å². The van der Waals surface area contributed by atoms with Gasteiger partial charge in [0.25, 0.3) is 0 Å². The maximum atomic E-state index is 11.5. The number of nitrogens with two attached hydrogens (primary N) is 1. The van der Waals surface area contributed by atoms with Crippen molar-refractivity contribution in [3.63, 3.8) is 0 Å². The van der Waals surface area contributed by atoms with E-state index in [0.29, 0.717) is 0 Å². The van der Waals surface area contributed by atoms with Crippen molar-refractivity contribution in [2.45, 2.75) is 24.5 Å². The lowest BCUT2D eigenvalue weighted by atomic mass is 9.90. The Hall–Kier alpha value is -2.34. The van der Waals surface area contributed by atoms with Gasteiger partial charge in [-0.1, -0.05) is 18.2 Å². The molecule has 1 aromatic heterocycles. The summed E-state index contributed by atoms with van der Waals surface area (Å²) >= 11 is 0. The number of fused-ring (bicyclic) bond motifs is 1. The van der Waals surface area contributed by atoms with E-state index in [9.17, 15) is 14.7 Å². The summed E-state index contributed by atoms with van der Waals surface area (Å²) in [6, 6.07) is 6.68. The lowest BCUT2D eigenvalue weighted by Crippen LogP contribution is -2.41. The highest BCUT2D eigenvalue weighted by molar-refractivity contribution is 5.90. The van der Waals surface area contributed by atoms with Gasteiger partial charge in [-0.05, 0) is 11.6 Å². The third-order valence-electron chi connectivity index (χ3n) is 3.69. The van der Waals surface area contributed by atoms with Crippen molar-refractivity contribution in [3.05, 3.63) is 36.0 Å². The van der Waals surface area contributed by atoms with E-state index in [2.05, 4.69) is 4.98 Å². The zero-order valence-corrected chi connectivity index (χ0v) is 10.6. The minimum atomic E-state index is -1.57. The molecule has 20 heavy (non-hydrogen) atoms. The summed E-state index contributed by atoms with van der Waals surface area (Å²) in [5.74, 6) is -1.82. The number of hydrogen-bond acceptors (Lipinski definition) is 4. The van der Waals surface area contributed by atoms with Gasteiger partial charge in [-0.3, -0.25) is 4.79 Å². The van der Waals surface area contributed by atoms with Gasteiger partial charge >= 0.3 is 11.9 Å². The molecule has 1 saturated heterocycles. The number of aromatic nitrogens is 1. The van der Waals surface area contributed by atoms with Gasteiger partial charge in [-0.2, -0.15) is 0 Å². The molecule has 2 unspecified atom stereocenters. The van der Waals surface area contributed by atoms with E-state index in [1.165, 1.54) is 0 Å². The van der Waals surface area contributed by atoms with E-state index in [1.54, 1.807) is 6.20 Å². The lowest BCUT2D eigenvalue weighted by molar-refractivity contribution is -0.169. The zero-order valence-electron chi connectivity index (χ0n) is 10.6. The number of H-pyrrole nitrogens is 1. The molecule has 0 saturated carbocycles. The Kier molecular flexibility index (Phi) is 2.76. The summed E-state index contributed by atoms with van der Waals surface area (Å²) in [6.45, 7) is 0. The molecule has 3 rings (SSSR count). The Bertz CT molecular complexity index is 693. The number of esters is 1. The second-order valence-electron chi connectivity index (χ2n) is 5.07. The quantitative estimate of drug-likeness (QED) is 0.718. The van der Waals surface area contributed by atoms with Crippen molar-refractivity contribution in [1.29, 1.82) is 0 Å².